The number of aromatic nitrogens is 2. The molecule has 0 radical (unpaired) electrons. The lowest BCUT2D eigenvalue weighted by atomic mass is 10.2. The van der Waals surface area contributed by atoms with Crippen LogP contribution in [0.1, 0.15) is 19.0 Å². The lowest BCUT2D eigenvalue weighted by molar-refractivity contribution is -0.135. The number of imidazole rings is 1. The molecule has 0 unspecified atom stereocenters. The molecule has 1 N–H and O–H groups in total. The van der Waals surface area contributed by atoms with Crippen molar-refractivity contribution in [3.05, 3.63) is 47.5 Å². The molecule has 0 spiro atoms. The Morgan fingerprint density at radius 2 is 2.10 bits per heavy atom. The standard InChI is InChI=1S/C15H18ClN3O2/c1-2-7-18-11-17-8-14(18)9-19(10-15(20)21)13-5-3-12(16)4-6-13/h3-6,8,11H,2,7,9-10H2,1H3,(H,20,21). The fourth-order valence-electron chi connectivity index (χ4n) is 2.17. The monoisotopic (exact) mass is 307 g/mol. The molecule has 5 nitrogen and oxygen atoms in total. The fraction of sp³-hybridized carbons (Fsp3) is 0.333. The normalized spacial score (nSPS) is 10.6. The van der Waals surface area contributed by atoms with E-state index in [0.717, 1.165) is 24.3 Å². The van der Waals surface area contributed by atoms with Crippen LogP contribution in [0.3, 0.4) is 0 Å². The molecular formula is C15H18ClN3O2. The van der Waals surface area contributed by atoms with Crippen LogP contribution in [0.4, 0.5) is 5.69 Å². The molecule has 0 saturated carbocycles. The van der Waals surface area contributed by atoms with Crippen LogP contribution in [0.2, 0.25) is 5.02 Å². The highest BCUT2D eigenvalue weighted by Crippen LogP contribution is 2.20. The molecule has 0 bridgehead atoms. The largest absolute Gasteiger partial charge is 0.480 e. The van der Waals surface area contributed by atoms with Gasteiger partial charge in [-0.3, -0.25) is 4.79 Å². The molecule has 0 aliphatic rings. The smallest absolute Gasteiger partial charge is 0.323 e. The number of benzene rings is 1. The second kappa shape index (κ2) is 7.13. The fourth-order valence-corrected chi connectivity index (χ4v) is 2.30. The van der Waals surface area contributed by atoms with Crippen molar-refractivity contribution in [3.63, 3.8) is 0 Å². The van der Waals surface area contributed by atoms with E-state index in [9.17, 15) is 4.79 Å². The van der Waals surface area contributed by atoms with Crippen molar-refractivity contribution in [2.45, 2.75) is 26.4 Å². The van der Waals surface area contributed by atoms with Gasteiger partial charge in [0.15, 0.2) is 0 Å². The molecule has 0 amide bonds. The number of hydrogen-bond acceptors (Lipinski definition) is 3. The maximum atomic E-state index is 11.1. The van der Waals surface area contributed by atoms with Crippen LogP contribution in [-0.4, -0.2) is 27.2 Å². The van der Waals surface area contributed by atoms with E-state index in [0.29, 0.717) is 11.6 Å². The van der Waals surface area contributed by atoms with E-state index in [1.54, 1.807) is 29.6 Å². The van der Waals surface area contributed by atoms with E-state index in [-0.39, 0.29) is 6.54 Å². The van der Waals surface area contributed by atoms with Gasteiger partial charge in [0.2, 0.25) is 0 Å². The minimum absolute atomic E-state index is 0.0705. The van der Waals surface area contributed by atoms with E-state index in [4.69, 9.17) is 16.7 Å². The molecule has 0 fully saturated rings. The number of rotatable bonds is 7. The lowest BCUT2D eigenvalue weighted by Gasteiger charge is -2.23. The molecule has 0 aliphatic heterocycles. The number of halogens is 1. The molecule has 0 aliphatic carbocycles. The predicted octanol–water partition coefficient (Wildman–Crippen LogP) is 3.04. The highest BCUT2D eigenvalue weighted by molar-refractivity contribution is 6.30. The number of aryl methyl sites for hydroxylation is 1. The van der Waals surface area contributed by atoms with Crippen LogP contribution in [0, 0.1) is 0 Å². The zero-order valence-electron chi connectivity index (χ0n) is 11.9. The Balaban J connectivity index is 2.21. The van der Waals surface area contributed by atoms with E-state index in [1.807, 2.05) is 16.7 Å². The van der Waals surface area contributed by atoms with E-state index >= 15 is 0 Å². The third-order valence-electron chi connectivity index (χ3n) is 3.13. The minimum atomic E-state index is -0.869. The number of carbonyl (C=O) groups is 1. The molecule has 2 rings (SSSR count). The first kappa shape index (κ1) is 15.4. The molecule has 1 heterocycles. The van der Waals surface area contributed by atoms with Crippen LogP contribution >= 0.6 is 11.6 Å². The Morgan fingerprint density at radius 1 is 1.38 bits per heavy atom. The summed E-state index contributed by atoms with van der Waals surface area (Å²) in [5.41, 5.74) is 1.82. The van der Waals surface area contributed by atoms with Gasteiger partial charge in [0.05, 0.1) is 18.6 Å². The SMILES string of the molecule is CCCn1cncc1CN(CC(=O)O)c1ccc(Cl)cc1. The third kappa shape index (κ3) is 4.23. The van der Waals surface area contributed by atoms with Crippen LogP contribution < -0.4 is 4.90 Å². The maximum absolute atomic E-state index is 11.1. The first-order chi connectivity index (χ1) is 10.1. The van der Waals surface area contributed by atoms with Crippen LogP contribution in [0.5, 0.6) is 0 Å². The van der Waals surface area contributed by atoms with Gasteiger partial charge in [-0.05, 0) is 30.7 Å². The number of nitrogens with zero attached hydrogens (tertiary/aromatic N) is 3. The van der Waals surface area contributed by atoms with Crippen molar-refractivity contribution in [1.82, 2.24) is 9.55 Å². The maximum Gasteiger partial charge on any atom is 0.323 e. The van der Waals surface area contributed by atoms with Crippen molar-refractivity contribution < 1.29 is 9.90 Å². The van der Waals surface area contributed by atoms with Gasteiger partial charge in [-0.25, -0.2) is 4.98 Å². The number of aliphatic carboxylic acids is 1. The summed E-state index contributed by atoms with van der Waals surface area (Å²) in [5, 5.41) is 9.74. The summed E-state index contributed by atoms with van der Waals surface area (Å²) in [4.78, 5) is 17.0. The Kier molecular flexibility index (Phi) is 5.22. The Labute approximate surface area is 128 Å². The Hall–Kier alpha value is -2.01. The average Bonchev–Trinajstić information content (AvgIpc) is 2.86. The highest BCUT2D eigenvalue weighted by Gasteiger charge is 2.13. The van der Waals surface area contributed by atoms with Gasteiger partial charge in [-0.1, -0.05) is 18.5 Å². The summed E-state index contributed by atoms with van der Waals surface area (Å²) in [5.74, 6) is -0.869. The highest BCUT2D eigenvalue weighted by atomic mass is 35.5. The van der Waals surface area contributed by atoms with Crippen molar-refractivity contribution in [2.75, 3.05) is 11.4 Å². The molecule has 6 heteroatoms. The van der Waals surface area contributed by atoms with Crippen molar-refractivity contribution >= 4 is 23.3 Å². The first-order valence-electron chi connectivity index (χ1n) is 6.81. The molecule has 112 valence electrons. The van der Waals surface area contributed by atoms with E-state index in [1.165, 1.54) is 0 Å². The van der Waals surface area contributed by atoms with Gasteiger partial charge in [0, 0.05) is 23.5 Å². The Bertz CT molecular complexity index is 595. The second-order valence-electron chi connectivity index (χ2n) is 4.80. The molecule has 0 atom stereocenters. The van der Waals surface area contributed by atoms with Gasteiger partial charge in [-0.2, -0.15) is 0 Å². The molecular weight excluding hydrogens is 290 g/mol. The van der Waals surface area contributed by atoms with Gasteiger partial charge in [-0.15, -0.1) is 0 Å². The van der Waals surface area contributed by atoms with Gasteiger partial charge >= 0.3 is 5.97 Å². The summed E-state index contributed by atoms with van der Waals surface area (Å²) in [6.45, 7) is 3.39. The summed E-state index contributed by atoms with van der Waals surface area (Å²) in [6.07, 6.45) is 4.56. The summed E-state index contributed by atoms with van der Waals surface area (Å²) in [6, 6.07) is 7.17. The number of hydrogen-bond donors (Lipinski definition) is 1. The number of anilines is 1. The van der Waals surface area contributed by atoms with Crippen molar-refractivity contribution in [1.29, 1.82) is 0 Å². The zero-order chi connectivity index (χ0) is 15.2. The second-order valence-corrected chi connectivity index (χ2v) is 5.24. The van der Waals surface area contributed by atoms with Crippen LogP contribution in [-0.2, 0) is 17.9 Å². The van der Waals surface area contributed by atoms with Gasteiger partial charge in [0.25, 0.3) is 0 Å². The Morgan fingerprint density at radius 3 is 2.71 bits per heavy atom. The zero-order valence-corrected chi connectivity index (χ0v) is 12.6. The van der Waals surface area contributed by atoms with Crippen LogP contribution in [0.15, 0.2) is 36.8 Å². The number of carboxylic acids is 1. The van der Waals surface area contributed by atoms with Gasteiger partial charge < -0.3 is 14.6 Å². The van der Waals surface area contributed by atoms with E-state index < -0.39 is 5.97 Å². The first-order valence-corrected chi connectivity index (χ1v) is 7.19. The summed E-state index contributed by atoms with van der Waals surface area (Å²) in [7, 11) is 0. The lowest BCUT2D eigenvalue weighted by Crippen LogP contribution is -2.30. The molecule has 0 saturated heterocycles. The molecule has 21 heavy (non-hydrogen) atoms. The third-order valence-corrected chi connectivity index (χ3v) is 3.39. The molecule has 2 aromatic rings. The van der Waals surface area contributed by atoms with Crippen molar-refractivity contribution in [2.24, 2.45) is 0 Å². The average molecular weight is 308 g/mol. The number of carboxylic acid groups (broad SMARTS) is 1. The quantitative estimate of drug-likeness (QED) is 0.854. The predicted molar refractivity (Wildman–Crippen MR) is 82.7 cm³/mol. The summed E-state index contributed by atoms with van der Waals surface area (Å²) >= 11 is 5.88. The molecule has 1 aromatic carbocycles. The summed E-state index contributed by atoms with van der Waals surface area (Å²) < 4.78 is 2.05. The van der Waals surface area contributed by atoms with Gasteiger partial charge in [0.1, 0.15) is 6.54 Å². The van der Waals surface area contributed by atoms with Crippen LogP contribution in [0.25, 0.3) is 0 Å². The topological polar surface area (TPSA) is 58.4 Å². The minimum Gasteiger partial charge on any atom is -0.480 e. The van der Waals surface area contributed by atoms with Crippen molar-refractivity contribution in [3.8, 4) is 0 Å². The molecule has 1 aromatic heterocycles. The van der Waals surface area contributed by atoms with E-state index in [2.05, 4.69) is 11.9 Å².